The number of benzene rings is 4. The molecule has 0 saturated carbocycles. The van der Waals surface area contributed by atoms with E-state index in [0.29, 0.717) is 27.5 Å². The van der Waals surface area contributed by atoms with Gasteiger partial charge in [-0.1, -0.05) is 85.6 Å². The molecule has 8 nitrogen and oxygen atoms in total. The Hall–Kier alpha value is -3.86. The molecule has 0 spiro atoms. The van der Waals surface area contributed by atoms with Gasteiger partial charge in [-0.25, -0.2) is 8.42 Å². The third kappa shape index (κ3) is 9.59. The quantitative estimate of drug-likeness (QED) is 0.150. The Morgan fingerprint density at radius 3 is 2.17 bits per heavy atom. The van der Waals surface area contributed by atoms with Crippen molar-refractivity contribution < 1.29 is 22.7 Å². The highest BCUT2D eigenvalue weighted by Crippen LogP contribution is 2.31. The van der Waals surface area contributed by atoms with E-state index < -0.39 is 28.5 Å². The van der Waals surface area contributed by atoms with Crippen LogP contribution in [-0.2, 0) is 32.6 Å². The average Bonchev–Trinajstić information content (AvgIpc) is 3.05. The van der Waals surface area contributed by atoms with E-state index in [0.717, 1.165) is 21.0 Å². The van der Waals surface area contributed by atoms with Gasteiger partial charge in [-0.05, 0) is 82.4 Å². The molecule has 4 aromatic carbocycles. The number of methoxy groups -OCH3 is 1. The molecule has 0 saturated heterocycles. The maximum atomic E-state index is 14.6. The molecule has 0 aliphatic rings. The molecule has 1 N–H and O–H groups in total. The molecule has 0 aromatic heterocycles. The first-order valence-corrected chi connectivity index (χ1v) is 17.8. The molecule has 1 unspecified atom stereocenters. The number of carbonyl (C=O) groups is 2. The van der Waals surface area contributed by atoms with Crippen LogP contribution >= 0.6 is 27.5 Å². The summed E-state index contributed by atoms with van der Waals surface area (Å²) in [5, 5.41) is 3.53. The lowest BCUT2D eigenvalue weighted by Gasteiger charge is -2.34. The molecule has 47 heavy (non-hydrogen) atoms. The molecule has 11 heteroatoms. The summed E-state index contributed by atoms with van der Waals surface area (Å²) in [6.07, 6.45) is 0.229. The van der Waals surface area contributed by atoms with Gasteiger partial charge in [0, 0.05) is 24.5 Å². The molecule has 0 bridgehead atoms. The summed E-state index contributed by atoms with van der Waals surface area (Å²) in [5.74, 6) is -0.221. The predicted octanol–water partition coefficient (Wildman–Crippen LogP) is 7.03. The minimum Gasteiger partial charge on any atom is -0.496 e. The minimum absolute atomic E-state index is 0.0293. The SMILES string of the molecule is COc1ccc(S(=O)(=O)N(CC(=O)N(Cc2ccc(Cl)cc2)C(Cc2ccccc2)C(=O)NCC(C)C)c2ccc(C)cc2)cc1Br. The van der Waals surface area contributed by atoms with Crippen molar-refractivity contribution in [2.24, 2.45) is 5.92 Å². The van der Waals surface area contributed by atoms with Crippen LogP contribution < -0.4 is 14.4 Å². The van der Waals surface area contributed by atoms with Crippen LogP contribution in [0.1, 0.15) is 30.5 Å². The smallest absolute Gasteiger partial charge is 0.264 e. The van der Waals surface area contributed by atoms with Gasteiger partial charge < -0.3 is 15.0 Å². The summed E-state index contributed by atoms with van der Waals surface area (Å²) in [7, 11) is -2.78. The highest BCUT2D eigenvalue weighted by molar-refractivity contribution is 9.10. The molecule has 4 rings (SSSR count). The number of rotatable bonds is 14. The second-order valence-electron chi connectivity index (χ2n) is 11.6. The second kappa shape index (κ2) is 16.3. The third-order valence-electron chi connectivity index (χ3n) is 7.53. The van der Waals surface area contributed by atoms with Crippen molar-refractivity contribution >= 4 is 55.1 Å². The van der Waals surface area contributed by atoms with E-state index in [1.54, 1.807) is 54.6 Å². The van der Waals surface area contributed by atoms with Gasteiger partial charge in [0.1, 0.15) is 18.3 Å². The number of nitrogens with one attached hydrogen (secondary N) is 1. The lowest BCUT2D eigenvalue weighted by molar-refractivity contribution is -0.140. The number of aryl methyl sites for hydroxylation is 1. The van der Waals surface area contributed by atoms with E-state index in [1.807, 2.05) is 51.1 Å². The Morgan fingerprint density at radius 1 is 0.915 bits per heavy atom. The largest absolute Gasteiger partial charge is 0.496 e. The van der Waals surface area contributed by atoms with Crippen molar-refractivity contribution in [3.05, 3.63) is 123 Å². The summed E-state index contributed by atoms with van der Waals surface area (Å²) >= 11 is 9.54. The van der Waals surface area contributed by atoms with Crippen LogP contribution in [0, 0.1) is 12.8 Å². The number of ether oxygens (including phenoxy) is 1. The van der Waals surface area contributed by atoms with Gasteiger partial charge in [-0.2, -0.15) is 0 Å². The molecule has 0 heterocycles. The van der Waals surface area contributed by atoms with E-state index in [4.69, 9.17) is 16.3 Å². The molecule has 0 aliphatic heterocycles. The Bertz CT molecular complexity index is 1770. The van der Waals surface area contributed by atoms with E-state index >= 15 is 0 Å². The molecule has 4 aromatic rings. The highest BCUT2D eigenvalue weighted by atomic mass is 79.9. The van der Waals surface area contributed by atoms with E-state index in [-0.39, 0.29) is 29.7 Å². The zero-order chi connectivity index (χ0) is 34.1. The maximum Gasteiger partial charge on any atom is 0.264 e. The number of nitrogens with zero attached hydrogens (tertiary/aromatic N) is 2. The van der Waals surface area contributed by atoms with Gasteiger partial charge in [0.25, 0.3) is 10.0 Å². The zero-order valence-corrected chi connectivity index (χ0v) is 30.0. The first-order chi connectivity index (χ1) is 22.4. The van der Waals surface area contributed by atoms with Crippen LogP contribution in [0.5, 0.6) is 5.75 Å². The maximum absolute atomic E-state index is 14.6. The van der Waals surface area contributed by atoms with Crippen molar-refractivity contribution in [1.82, 2.24) is 10.2 Å². The van der Waals surface area contributed by atoms with Crippen LogP contribution in [0.15, 0.2) is 106 Å². The van der Waals surface area contributed by atoms with Gasteiger partial charge in [0.2, 0.25) is 11.8 Å². The molecule has 0 aliphatic carbocycles. The molecule has 1 atom stereocenters. The number of hydrogen-bond acceptors (Lipinski definition) is 5. The molecule has 248 valence electrons. The van der Waals surface area contributed by atoms with Crippen molar-refractivity contribution in [2.45, 2.75) is 44.7 Å². The number of carbonyl (C=O) groups excluding carboxylic acids is 2. The Balaban J connectivity index is 1.80. The number of amides is 2. The van der Waals surface area contributed by atoms with E-state index in [1.165, 1.54) is 24.1 Å². The molecule has 0 radical (unpaired) electrons. The number of sulfonamides is 1. The fraction of sp³-hybridized carbons (Fsp3) is 0.278. The summed E-state index contributed by atoms with van der Waals surface area (Å²) in [6.45, 7) is 5.80. The molecular weight excluding hydrogens is 702 g/mol. The van der Waals surface area contributed by atoms with Gasteiger partial charge in [0.15, 0.2) is 0 Å². The first-order valence-electron chi connectivity index (χ1n) is 15.2. The standard InChI is InChI=1S/C36H39BrClN3O5S/c1-25(2)22-39-36(43)33(20-27-8-6-5-7-9-27)40(23-28-12-14-29(38)15-13-28)35(42)24-41(30-16-10-26(3)11-17-30)47(44,45)31-18-19-34(46-4)32(37)21-31/h5-19,21,25,33H,20,22-24H2,1-4H3,(H,39,43). The van der Waals surface area contributed by atoms with Gasteiger partial charge in [0.05, 0.1) is 22.2 Å². The minimum atomic E-state index is -4.27. The van der Waals surface area contributed by atoms with Crippen molar-refractivity contribution in [3.8, 4) is 5.75 Å². The van der Waals surface area contributed by atoms with Crippen molar-refractivity contribution in [2.75, 3.05) is 24.5 Å². The summed E-state index contributed by atoms with van der Waals surface area (Å²) in [4.78, 5) is 29.9. The fourth-order valence-corrected chi connectivity index (χ4v) is 7.20. The molecule has 0 fully saturated rings. The van der Waals surface area contributed by atoms with Crippen LogP contribution in [0.4, 0.5) is 5.69 Å². The van der Waals surface area contributed by atoms with E-state index in [2.05, 4.69) is 21.2 Å². The number of hydrogen-bond donors (Lipinski definition) is 1. The Morgan fingerprint density at radius 2 is 1.57 bits per heavy atom. The molecular formula is C36H39BrClN3O5S. The summed E-state index contributed by atoms with van der Waals surface area (Å²) < 4.78 is 35.4. The second-order valence-corrected chi connectivity index (χ2v) is 14.8. The lowest BCUT2D eigenvalue weighted by Crippen LogP contribution is -2.53. The van der Waals surface area contributed by atoms with Gasteiger partial charge in [-0.15, -0.1) is 0 Å². The van der Waals surface area contributed by atoms with Gasteiger partial charge >= 0.3 is 0 Å². The summed E-state index contributed by atoms with van der Waals surface area (Å²) in [6, 6.07) is 26.9. The Kier molecular flexibility index (Phi) is 12.5. The topological polar surface area (TPSA) is 96.0 Å². The third-order valence-corrected chi connectivity index (χ3v) is 10.2. The number of halogens is 2. The van der Waals surface area contributed by atoms with Crippen molar-refractivity contribution in [1.29, 1.82) is 0 Å². The van der Waals surface area contributed by atoms with Crippen LogP contribution in [0.25, 0.3) is 0 Å². The summed E-state index contributed by atoms with van der Waals surface area (Å²) in [5.41, 5.74) is 2.84. The Labute approximate surface area is 290 Å². The highest BCUT2D eigenvalue weighted by Gasteiger charge is 2.35. The van der Waals surface area contributed by atoms with Crippen LogP contribution in [-0.4, -0.2) is 51.4 Å². The monoisotopic (exact) mass is 739 g/mol. The zero-order valence-electron chi connectivity index (χ0n) is 26.8. The van der Waals surface area contributed by atoms with Gasteiger partial charge in [-0.3, -0.25) is 13.9 Å². The van der Waals surface area contributed by atoms with Crippen molar-refractivity contribution in [3.63, 3.8) is 0 Å². The fourth-order valence-electron chi connectivity index (χ4n) is 4.94. The molecule has 2 amide bonds. The number of anilines is 1. The van der Waals surface area contributed by atoms with Crippen LogP contribution in [0.2, 0.25) is 5.02 Å². The predicted molar refractivity (Wildman–Crippen MR) is 190 cm³/mol. The van der Waals surface area contributed by atoms with Crippen LogP contribution in [0.3, 0.4) is 0 Å². The normalized spacial score (nSPS) is 12.0. The lowest BCUT2D eigenvalue weighted by atomic mass is 10.0. The van der Waals surface area contributed by atoms with E-state index in [9.17, 15) is 18.0 Å². The first kappa shape index (κ1) is 36.0. The average molecular weight is 741 g/mol.